The molecule has 2 aromatic rings. The number of ether oxygens (including phenoxy) is 1. The van der Waals surface area contributed by atoms with Crippen molar-refractivity contribution in [3.05, 3.63) is 47.0 Å². The number of halogens is 4. The molecule has 2 aromatic carbocycles. The van der Waals surface area contributed by atoms with Crippen LogP contribution in [0.4, 0.5) is 18.9 Å². The molecular formula is C15H9ClF3NO2. The zero-order chi connectivity index (χ0) is 15.9. The van der Waals surface area contributed by atoms with Crippen LogP contribution in [0.5, 0.6) is 5.75 Å². The Kier molecular flexibility index (Phi) is 3.48. The lowest BCUT2D eigenvalue weighted by atomic mass is 10.0. The van der Waals surface area contributed by atoms with Gasteiger partial charge in [0, 0.05) is 11.3 Å². The minimum absolute atomic E-state index is 0.135. The van der Waals surface area contributed by atoms with E-state index in [2.05, 4.69) is 10.1 Å². The van der Waals surface area contributed by atoms with E-state index in [0.29, 0.717) is 11.3 Å². The minimum Gasteiger partial charge on any atom is -0.404 e. The number of rotatable bonds is 2. The summed E-state index contributed by atoms with van der Waals surface area (Å²) in [6.45, 7) is 0. The fraction of sp³-hybridized carbons (Fsp3) is 0.133. The molecule has 1 amide bonds. The van der Waals surface area contributed by atoms with E-state index < -0.39 is 12.1 Å². The first-order valence-electron chi connectivity index (χ1n) is 6.31. The van der Waals surface area contributed by atoms with E-state index >= 15 is 0 Å². The van der Waals surface area contributed by atoms with E-state index in [0.717, 1.165) is 5.56 Å². The van der Waals surface area contributed by atoms with Crippen LogP contribution in [-0.2, 0) is 11.2 Å². The fourth-order valence-corrected chi connectivity index (χ4v) is 2.57. The van der Waals surface area contributed by atoms with Gasteiger partial charge in [-0.3, -0.25) is 4.79 Å². The SMILES string of the molecule is O=C1Cc2cc(-c3cccc(Cl)c3OC(F)(F)F)ccc2N1. The molecule has 0 unspecified atom stereocenters. The second-order valence-corrected chi connectivity index (χ2v) is 5.17. The molecule has 0 saturated heterocycles. The van der Waals surface area contributed by atoms with Crippen molar-refractivity contribution in [1.29, 1.82) is 0 Å². The number of hydrogen-bond donors (Lipinski definition) is 1. The van der Waals surface area contributed by atoms with Crippen LogP contribution in [0.2, 0.25) is 5.02 Å². The predicted molar refractivity (Wildman–Crippen MR) is 75.9 cm³/mol. The summed E-state index contributed by atoms with van der Waals surface area (Å²) >= 11 is 5.83. The van der Waals surface area contributed by atoms with Crippen molar-refractivity contribution in [2.24, 2.45) is 0 Å². The van der Waals surface area contributed by atoms with Crippen molar-refractivity contribution >= 4 is 23.2 Å². The molecule has 1 aliphatic rings. The molecule has 114 valence electrons. The van der Waals surface area contributed by atoms with Gasteiger partial charge in [0.2, 0.25) is 5.91 Å². The summed E-state index contributed by atoms with van der Waals surface area (Å²) in [6.07, 6.45) is -4.65. The van der Waals surface area contributed by atoms with E-state index in [1.54, 1.807) is 18.2 Å². The first-order valence-corrected chi connectivity index (χ1v) is 6.69. The number of hydrogen-bond acceptors (Lipinski definition) is 2. The lowest BCUT2D eigenvalue weighted by Crippen LogP contribution is -2.18. The van der Waals surface area contributed by atoms with Crippen molar-refractivity contribution in [1.82, 2.24) is 0 Å². The maximum absolute atomic E-state index is 12.6. The quantitative estimate of drug-likeness (QED) is 0.887. The van der Waals surface area contributed by atoms with Gasteiger partial charge in [-0.25, -0.2) is 0 Å². The zero-order valence-corrected chi connectivity index (χ0v) is 11.8. The van der Waals surface area contributed by atoms with E-state index in [-0.39, 0.29) is 22.9 Å². The Morgan fingerprint density at radius 1 is 1.18 bits per heavy atom. The molecule has 1 aliphatic heterocycles. The number of anilines is 1. The number of benzene rings is 2. The second-order valence-electron chi connectivity index (χ2n) is 4.76. The van der Waals surface area contributed by atoms with Crippen LogP contribution in [0.25, 0.3) is 11.1 Å². The van der Waals surface area contributed by atoms with E-state index in [1.165, 1.54) is 18.2 Å². The molecule has 0 aromatic heterocycles. The van der Waals surface area contributed by atoms with E-state index in [1.807, 2.05) is 0 Å². The summed E-state index contributed by atoms with van der Waals surface area (Å²) in [5.74, 6) is -0.598. The van der Waals surface area contributed by atoms with E-state index in [9.17, 15) is 18.0 Å². The van der Waals surface area contributed by atoms with Crippen LogP contribution in [0.3, 0.4) is 0 Å². The Labute approximate surface area is 128 Å². The Balaban J connectivity index is 2.07. The summed E-state index contributed by atoms with van der Waals surface area (Å²) in [5.41, 5.74) is 2.10. The van der Waals surface area contributed by atoms with Gasteiger partial charge in [0.15, 0.2) is 5.75 Å². The minimum atomic E-state index is -4.84. The van der Waals surface area contributed by atoms with Gasteiger partial charge in [0.05, 0.1) is 11.4 Å². The summed E-state index contributed by atoms with van der Waals surface area (Å²) in [7, 11) is 0. The fourth-order valence-electron chi connectivity index (χ4n) is 2.35. The molecule has 3 nitrogen and oxygen atoms in total. The zero-order valence-electron chi connectivity index (χ0n) is 11.0. The number of alkyl halides is 3. The third kappa shape index (κ3) is 2.87. The maximum atomic E-state index is 12.6. The van der Waals surface area contributed by atoms with Crippen molar-refractivity contribution in [2.75, 3.05) is 5.32 Å². The standard InChI is InChI=1S/C15H9ClF3NO2/c16-11-3-1-2-10(14(11)22-15(17,18)19)8-4-5-12-9(6-8)7-13(21)20-12/h1-6H,7H2,(H,20,21). The highest BCUT2D eigenvalue weighted by atomic mass is 35.5. The lowest BCUT2D eigenvalue weighted by Gasteiger charge is -2.15. The van der Waals surface area contributed by atoms with Crippen LogP contribution in [-0.4, -0.2) is 12.3 Å². The highest BCUT2D eigenvalue weighted by molar-refractivity contribution is 6.32. The number of nitrogens with one attached hydrogen (secondary N) is 1. The van der Waals surface area contributed by atoms with Crippen molar-refractivity contribution in [2.45, 2.75) is 12.8 Å². The Bertz CT molecular complexity index is 759. The van der Waals surface area contributed by atoms with Gasteiger partial charge in [-0.05, 0) is 29.3 Å². The first kappa shape index (κ1) is 14.7. The smallest absolute Gasteiger partial charge is 0.404 e. The first-order chi connectivity index (χ1) is 10.3. The molecule has 3 rings (SSSR count). The van der Waals surface area contributed by atoms with Crippen LogP contribution in [0, 0.1) is 0 Å². The van der Waals surface area contributed by atoms with Crippen molar-refractivity contribution < 1.29 is 22.7 Å². The summed E-state index contributed by atoms with van der Waals surface area (Å²) in [4.78, 5) is 11.4. The van der Waals surface area contributed by atoms with Gasteiger partial charge in [0.25, 0.3) is 0 Å². The highest BCUT2D eigenvalue weighted by Gasteiger charge is 2.33. The molecule has 0 bridgehead atoms. The maximum Gasteiger partial charge on any atom is 0.573 e. The Morgan fingerprint density at radius 3 is 2.68 bits per heavy atom. The molecule has 1 heterocycles. The largest absolute Gasteiger partial charge is 0.573 e. The molecule has 0 saturated carbocycles. The summed E-state index contributed by atoms with van der Waals surface area (Å²) in [6, 6.07) is 9.26. The molecule has 1 N–H and O–H groups in total. The van der Waals surface area contributed by atoms with Crippen molar-refractivity contribution in [3.8, 4) is 16.9 Å². The van der Waals surface area contributed by atoms with Crippen LogP contribution in [0.1, 0.15) is 5.56 Å². The number of fused-ring (bicyclic) bond motifs is 1. The van der Waals surface area contributed by atoms with E-state index in [4.69, 9.17) is 11.6 Å². The number of para-hydroxylation sites is 1. The number of amides is 1. The normalized spacial score (nSPS) is 13.7. The average Bonchev–Trinajstić information content (AvgIpc) is 2.78. The highest BCUT2D eigenvalue weighted by Crippen LogP contribution is 2.40. The average molecular weight is 328 g/mol. The molecule has 0 aliphatic carbocycles. The van der Waals surface area contributed by atoms with Gasteiger partial charge in [-0.1, -0.05) is 29.8 Å². The van der Waals surface area contributed by atoms with Crippen LogP contribution >= 0.6 is 11.6 Å². The summed E-state index contributed by atoms with van der Waals surface area (Å²) < 4.78 is 41.7. The lowest BCUT2D eigenvalue weighted by molar-refractivity contribution is -0.274. The van der Waals surface area contributed by atoms with Crippen LogP contribution in [0.15, 0.2) is 36.4 Å². The van der Waals surface area contributed by atoms with Crippen LogP contribution < -0.4 is 10.1 Å². The third-order valence-electron chi connectivity index (χ3n) is 3.23. The van der Waals surface area contributed by atoms with Gasteiger partial charge in [-0.15, -0.1) is 13.2 Å². The molecule has 0 radical (unpaired) electrons. The molecule has 7 heteroatoms. The van der Waals surface area contributed by atoms with Gasteiger partial charge in [-0.2, -0.15) is 0 Å². The Morgan fingerprint density at radius 2 is 1.95 bits per heavy atom. The molecule has 0 spiro atoms. The number of carbonyl (C=O) groups is 1. The van der Waals surface area contributed by atoms with Gasteiger partial charge < -0.3 is 10.1 Å². The topological polar surface area (TPSA) is 38.3 Å². The summed E-state index contributed by atoms with van der Waals surface area (Å²) in [5, 5.41) is 2.53. The number of carbonyl (C=O) groups excluding carboxylic acids is 1. The molecular weight excluding hydrogens is 319 g/mol. The molecule has 22 heavy (non-hydrogen) atoms. The Hall–Kier alpha value is -2.21. The third-order valence-corrected chi connectivity index (χ3v) is 3.52. The predicted octanol–water partition coefficient (Wildman–Crippen LogP) is 4.40. The van der Waals surface area contributed by atoms with Crippen molar-refractivity contribution in [3.63, 3.8) is 0 Å². The van der Waals surface area contributed by atoms with Gasteiger partial charge >= 0.3 is 6.36 Å². The monoisotopic (exact) mass is 327 g/mol. The molecule has 0 atom stereocenters. The molecule has 0 fully saturated rings. The van der Waals surface area contributed by atoms with Gasteiger partial charge in [0.1, 0.15) is 0 Å². The second kappa shape index (κ2) is 5.21.